The lowest BCUT2D eigenvalue weighted by molar-refractivity contribution is -0.0251. The van der Waals surface area contributed by atoms with Gasteiger partial charge in [-0.3, -0.25) is 0 Å². The molecule has 2 aromatic carbocycles. The van der Waals surface area contributed by atoms with Gasteiger partial charge in [-0.15, -0.1) is 0 Å². The Morgan fingerprint density at radius 1 is 1.11 bits per heavy atom. The van der Waals surface area contributed by atoms with Crippen molar-refractivity contribution in [3.63, 3.8) is 0 Å². The summed E-state index contributed by atoms with van der Waals surface area (Å²) in [6, 6.07) is 6.41. The van der Waals surface area contributed by atoms with Crippen LogP contribution in [0.5, 0.6) is 11.5 Å². The molecule has 186 valence electrons. The minimum Gasteiger partial charge on any atom is -0.493 e. The Bertz CT molecular complexity index is 1260. The summed E-state index contributed by atoms with van der Waals surface area (Å²) in [5.41, 5.74) is 0.314. The van der Waals surface area contributed by atoms with Crippen LogP contribution < -0.4 is 20.1 Å². The molecule has 11 heteroatoms. The van der Waals surface area contributed by atoms with Gasteiger partial charge in [0.25, 0.3) is 0 Å². The molecule has 1 aliphatic rings. The number of rotatable bonds is 6. The third-order valence-electron chi connectivity index (χ3n) is 5.30. The van der Waals surface area contributed by atoms with E-state index in [0.717, 1.165) is 0 Å². The smallest absolute Gasteiger partial charge is 0.407 e. The van der Waals surface area contributed by atoms with E-state index in [2.05, 4.69) is 20.6 Å². The first-order valence-corrected chi connectivity index (χ1v) is 11.7. The van der Waals surface area contributed by atoms with Crippen LogP contribution in [0.2, 0.25) is 10.0 Å². The molecule has 1 aliphatic carbocycles. The average molecular weight is 523 g/mol. The van der Waals surface area contributed by atoms with Crippen molar-refractivity contribution in [1.29, 1.82) is 0 Å². The molecule has 8 nitrogen and oxygen atoms in total. The van der Waals surface area contributed by atoms with Gasteiger partial charge in [0, 0.05) is 29.8 Å². The number of hydrogen-bond donors (Lipinski definition) is 2. The second-order valence-electron chi connectivity index (χ2n) is 9.20. The molecule has 0 radical (unpaired) electrons. The molecule has 1 heterocycles. The predicted molar refractivity (Wildman–Crippen MR) is 133 cm³/mol. The number of ether oxygens (including phenoxy) is 3. The zero-order valence-corrected chi connectivity index (χ0v) is 21.1. The van der Waals surface area contributed by atoms with Gasteiger partial charge < -0.3 is 24.8 Å². The van der Waals surface area contributed by atoms with Crippen LogP contribution in [0.3, 0.4) is 0 Å². The second kappa shape index (κ2) is 9.91. The largest absolute Gasteiger partial charge is 0.493 e. The lowest BCUT2D eigenvalue weighted by Crippen LogP contribution is -2.46. The SMILES string of the molecule is COc1cc2ncnc(Nc3ccc(Cl)c(Cl)c3F)c2cc1OC1CC(OC(=O)NC(C)(C)C)C1. The summed E-state index contributed by atoms with van der Waals surface area (Å²) in [4.78, 5) is 20.5. The Balaban J connectivity index is 1.51. The van der Waals surface area contributed by atoms with Crippen LogP contribution in [-0.4, -0.2) is 40.9 Å². The average Bonchev–Trinajstić information content (AvgIpc) is 2.76. The van der Waals surface area contributed by atoms with Crippen molar-refractivity contribution in [1.82, 2.24) is 15.3 Å². The van der Waals surface area contributed by atoms with Gasteiger partial charge in [-0.2, -0.15) is 0 Å². The number of carbonyl (C=O) groups is 1. The zero-order valence-electron chi connectivity index (χ0n) is 19.6. The molecule has 35 heavy (non-hydrogen) atoms. The highest BCUT2D eigenvalue weighted by Gasteiger charge is 2.35. The van der Waals surface area contributed by atoms with E-state index in [4.69, 9.17) is 37.4 Å². The van der Waals surface area contributed by atoms with E-state index >= 15 is 0 Å². The molecule has 1 amide bonds. The van der Waals surface area contributed by atoms with Crippen LogP contribution in [0.25, 0.3) is 10.9 Å². The molecule has 3 aromatic rings. The Labute approximate surface area is 212 Å². The lowest BCUT2D eigenvalue weighted by atomic mass is 9.92. The van der Waals surface area contributed by atoms with Gasteiger partial charge in [0.1, 0.15) is 24.4 Å². The number of anilines is 2. The van der Waals surface area contributed by atoms with Crippen LogP contribution in [0, 0.1) is 5.82 Å². The highest BCUT2D eigenvalue weighted by atomic mass is 35.5. The van der Waals surface area contributed by atoms with E-state index in [0.29, 0.717) is 41.1 Å². The maximum absolute atomic E-state index is 14.6. The first-order chi connectivity index (χ1) is 16.5. The van der Waals surface area contributed by atoms with E-state index in [-0.39, 0.29) is 33.5 Å². The van der Waals surface area contributed by atoms with Crippen molar-refractivity contribution in [2.45, 2.75) is 51.4 Å². The molecule has 4 rings (SSSR count). The number of fused-ring (bicyclic) bond motifs is 1. The van der Waals surface area contributed by atoms with Gasteiger partial charge in [0.05, 0.1) is 28.4 Å². The fraction of sp³-hybridized carbons (Fsp3) is 0.375. The van der Waals surface area contributed by atoms with Crippen molar-refractivity contribution in [3.05, 3.63) is 46.5 Å². The number of halogens is 3. The number of amides is 1. The van der Waals surface area contributed by atoms with Crippen molar-refractivity contribution < 1.29 is 23.4 Å². The van der Waals surface area contributed by atoms with Crippen LogP contribution in [0.15, 0.2) is 30.6 Å². The van der Waals surface area contributed by atoms with Crippen molar-refractivity contribution in [2.24, 2.45) is 0 Å². The molecule has 1 aromatic heterocycles. The molecule has 0 saturated heterocycles. The first kappa shape index (κ1) is 25.1. The van der Waals surface area contributed by atoms with Crippen molar-refractivity contribution in [2.75, 3.05) is 12.4 Å². The number of alkyl carbamates (subject to hydrolysis) is 1. The van der Waals surface area contributed by atoms with E-state index in [9.17, 15) is 9.18 Å². The maximum Gasteiger partial charge on any atom is 0.407 e. The number of benzene rings is 2. The molecule has 0 atom stereocenters. The normalized spacial score (nSPS) is 17.5. The zero-order chi connectivity index (χ0) is 25.3. The van der Waals surface area contributed by atoms with Crippen LogP contribution >= 0.6 is 23.2 Å². The summed E-state index contributed by atoms with van der Waals surface area (Å²) >= 11 is 11.8. The van der Waals surface area contributed by atoms with Crippen molar-refractivity contribution in [3.8, 4) is 11.5 Å². The Kier molecular flexibility index (Phi) is 7.10. The summed E-state index contributed by atoms with van der Waals surface area (Å²) < 4.78 is 31.6. The fourth-order valence-electron chi connectivity index (χ4n) is 3.54. The summed E-state index contributed by atoms with van der Waals surface area (Å²) in [7, 11) is 1.53. The number of nitrogens with zero attached hydrogens (tertiary/aromatic N) is 2. The summed E-state index contributed by atoms with van der Waals surface area (Å²) in [5.74, 6) is 0.619. The molecular formula is C24H25Cl2FN4O4. The fourth-order valence-corrected chi connectivity index (χ4v) is 3.85. The maximum atomic E-state index is 14.6. The summed E-state index contributed by atoms with van der Waals surface area (Å²) in [6.07, 6.45) is 1.60. The van der Waals surface area contributed by atoms with E-state index < -0.39 is 11.9 Å². The number of aromatic nitrogens is 2. The molecule has 1 saturated carbocycles. The van der Waals surface area contributed by atoms with Crippen LogP contribution in [0.1, 0.15) is 33.6 Å². The molecule has 0 spiro atoms. The molecular weight excluding hydrogens is 498 g/mol. The Morgan fingerprint density at radius 3 is 2.54 bits per heavy atom. The molecule has 2 N–H and O–H groups in total. The van der Waals surface area contributed by atoms with Gasteiger partial charge in [0.2, 0.25) is 0 Å². The highest BCUT2D eigenvalue weighted by Crippen LogP contribution is 2.39. The molecule has 1 fully saturated rings. The number of nitrogens with one attached hydrogen (secondary N) is 2. The van der Waals surface area contributed by atoms with Gasteiger partial charge in [-0.1, -0.05) is 23.2 Å². The third-order valence-corrected chi connectivity index (χ3v) is 6.09. The highest BCUT2D eigenvalue weighted by molar-refractivity contribution is 6.42. The predicted octanol–water partition coefficient (Wildman–Crippen LogP) is 6.26. The summed E-state index contributed by atoms with van der Waals surface area (Å²) in [6.45, 7) is 5.65. The standard InChI is InChI=1S/C24H25Cl2FN4O4/c1-24(2,3)31-23(32)35-13-7-12(8-13)34-19-9-14-17(10-18(19)33-4)28-11-29-22(14)30-16-6-5-15(25)20(26)21(16)27/h5-6,9-13H,7-8H2,1-4H3,(H,31,32)(H,28,29,30). The topological polar surface area (TPSA) is 94.6 Å². The lowest BCUT2D eigenvalue weighted by Gasteiger charge is -2.35. The van der Waals surface area contributed by atoms with Crippen LogP contribution in [-0.2, 0) is 4.74 Å². The monoisotopic (exact) mass is 522 g/mol. The van der Waals surface area contributed by atoms with Gasteiger partial charge in [0.15, 0.2) is 17.3 Å². The van der Waals surface area contributed by atoms with Gasteiger partial charge in [-0.05, 0) is 39.0 Å². The molecule has 0 unspecified atom stereocenters. The van der Waals surface area contributed by atoms with Crippen molar-refractivity contribution >= 4 is 51.7 Å². The van der Waals surface area contributed by atoms with Crippen LogP contribution in [0.4, 0.5) is 20.7 Å². The quantitative estimate of drug-likeness (QED) is 0.368. The number of methoxy groups -OCH3 is 1. The van der Waals surface area contributed by atoms with E-state index in [1.165, 1.54) is 25.6 Å². The number of hydrogen-bond acceptors (Lipinski definition) is 7. The van der Waals surface area contributed by atoms with E-state index in [1.54, 1.807) is 12.1 Å². The Morgan fingerprint density at radius 2 is 1.86 bits per heavy atom. The minimum atomic E-state index is -0.688. The van der Waals surface area contributed by atoms with E-state index in [1.807, 2.05) is 20.8 Å². The minimum absolute atomic E-state index is 0.112. The Hall–Kier alpha value is -3.04. The second-order valence-corrected chi connectivity index (χ2v) is 9.99. The van der Waals surface area contributed by atoms with Gasteiger partial charge in [-0.25, -0.2) is 19.2 Å². The number of carbonyl (C=O) groups excluding carboxylic acids is 1. The summed E-state index contributed by atoms with van der Waals surface area (Å²) in [5, 5.41) is 6.24. The first-order valence-electron chi connectivity index (χ1n) is 10.9. The van der Waals surface area contributed by atoms with Gasteiger partial charge >= 0.3 is 6.09 Å². The third kappa shape index (κ3) is 5.79. The molecule has 0 bridgehead atoms. The molecule has 0 aliphatic heterocycles.